The lowest BCUT2D eigenvalue weighted by Gasteiger charge is -2.34. The van der Waals surface area contributed by atoms with Crippen molar-refractivity contribution in [1.29, 1.82) is 0 Å². The van der Waals surface area contributed by atoms with E-state index in [1.54, 1.807) is 21.9 Å². The summed E-state index contributed by atoms with van der Waals surface area (Å²) in [7, 11) is 0. The molecule has 0 N–H and O–H groups in total. The van der Waals surface area contributed by atoms with E-state index >= 15 is 0 Å². The van der Waals surface area contributed by atoms with Crippen molar-refractivity contribution < 1.29 is 14.0 Å². The Morgan fingerprint density at radius 2 is 1.58 bits per heavy atom. The van der Waals surface area contributed by atoms with Crippen LogP contribution in [-0.2, 0) is 0 Å². The number of rotatable bonds is 3. The first kappa shape index (κ1) is 19.1. The zero-order valence-corrected chi connectivity index (χ0v) is 17.2. The minimum atomic E-state index is -0.138. The highest BCUT2D eigenvalue weighted by Crippen LogP contribution is 2.23. The summed E-state index contributed by atoms with van der Waals surface area (Å²) in [5.74, 6) is 1.02. The molecule has 0 bridgehead atoms. The van der Waals surface area contributed by atoms with Crippen LogP contribution < -0.4 is 0 Å². The molecule has 1 aliphatic heterocycles. The summed E-state index contributed by atoms with van der Waals surface area (Å²) in [6.07, 6.45) is 1.49. The molecule has 1 aliphatic rings. The Morgan fingerprint density at radius 1 is 0.871 bits per heavy atom. The van der Waals surface area contributed by atoms with Gasteiger partial charge in [-0.15, -0.1) is 0 Å². The first-order valence-electron chi connectivity index (χ1n) is 10.3. The Labute approximate surface area is 179 Å². The number of nitrogens with zero attached hydrogens (tertiary/aromatic N) is 4. The number of aromatic nitrogens is 2. The molecular weight excluding hydrogens is 392 g/mol. The van der Waals surface area contributed by atoms with E-state index in [9.17, 15) is 9.59 Å². The average Bonchev–Trinajstić information content (AvgIpc) is 3.46. The van der Waals surface area contributed by atoms with Crippen LogP contribution in [0.1, 0.15) is 26.7 Å². The van der Waals surface area contributed by atoms with Crippen LogP contribution in [0, 0.1) is 6.92 Å². The van der Waals surface area contributed by atoms with Gasteiger partial charge in [0.25, 0.3) is 11.8 Å². The van der Waals surface area contributed by atoms with Crippen molar-refractivity contribution in [3.63, 3.8) is 0 Å². The molecular formula is C24H22N4O3. The number of imidazole rings is 1. The van der Waals surface area contributed by atoms with Crippen LogP contribution in [0.15, 0.2) is 71.3 Å². The molecule has 0 atom stereocenters. The fraction of sp³-hybridized carbons (Fsp3) is 0.208. The van der Waals surface area contributed by atoms with Gasteiger partial charge in [-0.2, -0.15) is 0 Å². The van der Waals surface area contributed by atoms with Crippen molar-refractivity contribution >= 4 is 22.8 Å². The van der Waals surface area contributed by atoms with E-state index in [2.05, 4.69) is 9.55 Å². The van der Waals surface area contributed by atoms with Crippen LogP contribution in [-0.4, -0.2) is 57.3 Å². The normalized spacial score (nSPS) is 14.2. The highest BCUT2D eigenvalue weighted by atomic mass is 16.3. The van der Waals surface area contributed by atoms with Gasteiger partial charge in [0.05, 0.1) is 17.3 Å². The van der Waals surface area contributed by atoms with Crippen molar-refractivity contribution in [2.24, 2.45) is 0 Å². The molecule has 0 radical (unpaired) electrons. The molecule has 156 valence electrons. The van der Waals surface area contributed by atoms with E-state index in [1.165, 1.54) is 6.26 Å². The number of carbonyl (C=O) groups is 2. The highest BCUT2D eigenvalue weighted by Gasteiger charge is 2.27. The number of aryl methyl sites for hydroxylation is 1. The quantitative estimate of drug-likeness (QED) is 0.514. The zero-order chi connectivity index (χ0) is 21.4. The summed E-state index contributed by atoms with van der Waals surface area (Å²) in [6.45, 7) is 3.90. The van der Waals surface area contributed by atoms with Crippen LogP contribution in [0.25, 0.3) is 16.7 Å². The van der Waals surface area contributed by atoms with E-state index in [4.69, 9.17) is 4.42 Å². The zero-order valence-electron chi connectivity index (χ0n) is 17.2. The topological polar surface area (TPSA) is 71.6 Å². The number of hydrogen-bond acceptors (Lipinski definition) is 4. The number of piperazine rings is 1. The van der Waals surface area contributed by atoms with Crippen LogP contribution in [0.2, 0.25) is 0 Å². The molecule has 3 heterocycles. The Morgan fingerprint density at radius 3 is 2.26 bits per heavy atom. The van der Waals surface area contributed by atoms with Gasteiger partial charge in [-0.25, -0.2) is 4.98 Å². The van der Waals surface area contributed by atoms with Gasteiger partial charge in [0.15, 0.2) is 5.76 Å². The van der Waals surface area contributed by atoms with Gasteiger partial charge in [-0.1, -0.05) is 18.2 Å². The molecule has 31 heavy (non-hydrogen) atoms. The average molecular weight is 414 g/mol. The first-order chi connectivity index (χ1) is 15.1. The number of hydrogen-bond donors (Lipinski definition) is 0. The minimum Gasteiger partial charge on any atom is -0.459 e. The Bertz CT molecular complexity index is 1240. The second-order valence-corrected chi connectivity index (χ2v) is 7.60. The Hall–Kier alpha value is -3.87. The minimum absolute atomic E-state index is 0.0427. The fourth-order valence-corrected chi connectivity index (χ4v) is 4.09. The smallest absolute Gasteiger partial charge is 0.289 e. The number of benzene rings is 2. The van der Waals surface area contributed by atoms with Crippen LogP contribution in [0.5, 0.6) is 0 Å². The molecule has 7 heteroatoms. The molecule has 5 rings (SSSR count). The maximum Gasteiger partial charge on any atom is 0.289 e. The van der Waals surface area contributed by atoms with Crippen molar-refractivity contribution in [3.8, 4) is 5.69 Å². The highest BCUT2D eigenvalue weighted by molar-refractivity contribution is 5.98. The molecule has 7 nitrogen and oxygen atoms in total. The van der Waals surface area contributed by atoms with E-state index in [1.807, 2.05) is 55.5 Å². The number of para-hydroxylation sites is 1. The van der Waals surface area contributed by atoms with Crippen molar-refractivity contribution in [2.75, 3.05) is 26.2 Å². The van der Waals surface area contributed by atoms with Gasteiger partial charge in [-0.05, 0) is 49.4 Å². The molecule has 1 saturated heterocycles. The summed E-state index contributed by atoms with van der Waals surface area (Å²) in [5.41, 5.74) is 3.41. The summed E-state index contributed by atoms with van der Waals surface area (Å²) in [4.78, 5) is 33.7. The molecule has 2 aromatic carbocycles. The van der Waals surface area contributed by atoms with Crippen molar-refractivity contribution in [3.05, 3.63) is 84.1 Å². The van der Waals surface area contributed by atoms with Gasteiger partial charge < -0.3 is 14.2 Å². The maximum atomic E-state index is 13.1. The number of furan rings is 1. The molecule has 2 aromatic heterocycles. The van der Waals surface area contributed by atoms with E-state index in [0.29, 0.717) is 37.5 Å². The monoisotopic (exact) mass is 414 g/mol. The van der Waals surface area contributed by atoms with Crippen molar-refractivity contribution in [2.45, 2.75) is 6.92 Å². The van der Waals surface area contributed by atoms with Gasteiger partial charge in [0.1, 0.15) is 5.82 Å². The van der Waals surface area contributed by atoms with E-state index < -0.39 is 0 Å². The van der Waals surface area contributed by atoms with Gasteiger partial charge in [0, 0.05) is 37.4 Å². The molecule has 0 unspecified atom stereocenters. The molecule has 1 fully saturated rings. The summed E-state index contributed by atoms with van der Waals surface area (Å²) < 4.78 is 7.28. The van der Waals surface area contributed by atoms with Crippen LogP contribution in [0.4, 0.5) is 0 Å². The van der Waals surface area contributed by atoms with Gasteiger partial charge >= 0.3 is 0 Å². The Kier molecular flexibility index (Phi) is 4.78. The first-order valence-corrected chi connectivity index (χ1v) is 10.3. The lowest BCUT2D eigenvalue weighted by Crippen LogP contribution is -2.50. The van der Waals surface area contributed by atoms with Crippen molar-refractivity contribution in [1.82, 2.24) is 19.4 Å². The summed E-state index contributed by atoms with van der Waals surface area (Å²) in [5, 5.41) is 0. The predicted molar refractivity (Wildman–Crippen MR) is 116 cm³/mol. The number of fused-ring (bicyclic) bond motifs is 1. The molecule has 0 aliphatic carbocycles. The second kappa shape index (κ2) is 7.75. The number of amides is 2. The lowest BCUT2D eigenvalue weighted by atomic mass is 10.1. The SMILES string of the molecule is Cc1nc2cc(C(=O)N3CCN(C(=O)c4ccco4)CC3)ccc2n1-c1ccccc1. The third kappa shape index (κ3) is 3.48. The lowest BCUT2D eigenvalue weighted by molar-refractivity contribution is 0.0518. The maximum absolute atomic E-state index is 13.1. The van der Waals surface area contributed by atoms with Crippen LogP contribution in [0.3, 0.4) is 0 Å². The van der Waals surface area contributed by atoms with E-state index in [-0.39, 0.29) is 11.8 Å². The second-order valence-electron chi connectivity index (χ2n) is 7.60. The van der Waals surface area contributed by atoms with Crippen LogP contribution >= 0.6 is 0 Å². The van der Waals surface area contributed by atoms with E-state index in [0.717, 1.165) is 22.5 Å². The summed E-state index contributed by atoms with van der Waals surface area (Å²) in [6, 6.07) is 19.1. The Balaban J connectivity index is 1.33. The molecule has 2 amide bonds. The molecule has 4 aromatic rings. The number of carbonyl (C=O) groups excluding carboxylic acids is 2. The molecule has 0 saturated carbocycles. The fourth-order valence-electron chi connectivity index (χ4n) is 4.09. The molecule has 0 spiro atoms. The standard InChI is InChI=1S/C24H22N4O3/c1-17-25-20-16-18(9-10-21(20)28(17)19-6-3-2-4-7-19)23(29)26-11-13-27(14-12-26)24(30)22-8-5-15-31-22/h2-10,15-16H,11-14H2,1H3. The summed E-state index contributed by atoms with van der Waals surface area (Å²) >= 11 is 0. The van der Waals surface area contributed by atoms with Gasteiger partial charge in [0.2, 0.25) is 0 Å². The third-order valence-electron chi connectivity index (χ3n) is 5.67. The predicted octanol–water partition coefficient (Wildman–Crippen LogP) is 3.53. The van der Waals surface area contributed by atoms with Gasteiger partial charge in [-0.3, -0.25) is 14.2 Å². The largest absolute Gasteiger partial charge is 0.459 e. The third-order valence-corrected chi connectivity index (χ3v) is 5.67.